The Morgan fingerprint density at radius 2 is 1.69 bits per heavy atom. The molecule has 2 N–H and O–H groups in total. The number of hydrogen-bond donors (Lipinski definition) is 2. The average molecular weight is 357 g/mol. The lowest BCUT2D eigenvalue weighted by atomic mass is 10.1. The highest BCUT2D eigenvalue weighted by atomic mass is 19.1. The van der Waals surface area contributed by atoms with Gasteiger partial charge in [0.2, 0.25) is 5.91 Å². The number of aliphatic hydroxyl groups is 1. The van der Waals surface area contributed by atoms with Gasteiger partial charge in [-0.2, -0.15) is 0 Å². The molecule has 1 atom stereocenters. The molecule has 3 aromatic rings. The topological polar surface area (TPSA) is 69.3 Å². The van der Waals surface area contributed by atoms with Crippen LogP contribution in [0.25, 0.3) is 21.8 Å². The summed E-state index contributed by atoms with van der Waals surface area (Å²) in [6.45, 7) is 0.443. The molecule has 0 radical (unpaired) electrons. The first-order valence-corrected chi connectivity index (χ1v) is 8.39. The van der Waals surface area contributed by atoms with Crippen LogP contribution in [0.1, 0.15) is 12.8 Å². The molecule has 7 heteroatoms. The molecule has 2 heterocycles. The Morgan fingerprint density at radius 1 is 1.12 bits per heavy atom. The highest BCUT2D eigenvalue weighted by molar-refractivity contribution is 6.08. The van der Waals surface area contributed by atoms with Crippen LogP contribution in [-0.4, -0.2) is 39.0 Å². The van der Waals surface area contributed by atoms with E-state index in [2.05, 4.69) is 0 Å². The number of benzene rings is 2. The molecule has 0 bridgehead atoms. The monoisotopic (exact) mass is 357 g/mol. The summed E-state index contributed by atoms with van der Waals surface area (Å²) >= 11 is 0. The minimum absolute atomic E-state index is 0.0138. The molecular weight excluding hydrogens is 340 g/mol. The smallest absolute Gasteiger partial charge is 0.228 e. The van der Waals surface area contributed by atoms with Crippen LogP contribution in [0.15, 0.2) is 36.4 Å². The van der Waals surface area contributed by atoms with Crippen molar-refractivity contribution in [1.29, 1.82) is 5.41 Å². The van der Waals surface area contributed by atoms with E-state index in [-0.39, 0.29) is 18.3 Å². The highest BCUT2D eigenvalue weighted by Gasteiger charge is 2.28. The summed E-state index contributed by atoms with van der Waals surface area (Å²) in [4.78, 5) is 13.1. The molecule has 0 aliphatic carbocycles. The molecule has 1 aliphatic heterocycles. The van der Waals surface area contributed by atoms with Gasteiger partial charge in [0, 0.05) is 34.8 Å². The Kier molecular flexibility index (Phi) is 3.96. The van der Waals surface area contributed by atoms with E-state index in [1.807, 2.05) is 0 Å². The Morgan fingerprint density at radius 3 is 2.19 bits per heavy atom. The summed E-state index contributed by atoms with van der Waals surface area (Å²) in [6.07, 6.45) is -0.156. The molecule has 0 unspecified atom stereocenters. The third-order valence-corrected chi connectivity index (χ3v) is 4.82. The van der Waals surface area contributed by atoms with Gasteiger partial charge >= 0.3 is 0 Å². The van der Waals surface area contributed by atoms with Crippen molar-refractivity contribution in [1.82, 2.24) is 9.47 Å². The summed E-state index contributed by atoms with van der Waals surface area (Å²) in [6, 6.07) is 8.40. The van der Waals surface area contributed by atoms with Crippen molar-refractivity contribution in [3.8, 4) is 0 Å². The standard InChI is InChI=1S/C19H17F2N3O2/c20-11-3-5-15-13(8-11)14-9-12(21)4-6-16(14)24(15)10-17(25)19(22)23-7-1-2-18(23)26/h3-6,8-9,17,22,25H,1-2,7,10H2/t17-/m1/s1. The minimum Gasteiger partial charge on any atom is -0.383 e. The van der Waals surface area contributed by atoms with E-state index in [0.29, 0.717) is 41.2 Å². The first-order chi connectivity index (χ1) is 12.5. The number of fused-ring (bicyclic) bond motifs is 3. The lowest BCUT2D eigenvalue weighted by Crippen LogP contribution is -2.41. The molecule has 26 heavy (non-hydrogen) atoms. The molecule has 134 valence electrons. The third-order valence-electron chi connectivity index (χ3n) is 4.82. The normalized spacial score (nSPS) is 16.0. The van der Waals surface area contributed by atoms with Crippen LogP contribution in [0.2, 0.25) is 0 Å². The number of likely N-dealkylation sites (tertiary alicyclic amines) is 1. The van der Waals surface area contributed by atoms with Crippen molar-refractivity contribution in [3.63, 3.8) is 0 Å². The first-order valence-electron chi connectivity index (χ1n) is 8.39. The fourth-order valence-corrected chi connectivity index (χ4v) is 3.59. The van der Waals surface area contributed by atoms with Crippen molar-refractivity contribution in [2.24, 2.45) is 0 Å². The molecule has 1 aliphatic rings. The number of aromatic nitrogens is 1. The molecule has 1 amide bonds. The summed E-state index contributed by atoms with van der Waals surface area (Å²) in [5.74, 6) is -1.18. The van der Waals surface area contributed by atoms with E-state index in [0.717, 1.165) is 0 Å². The van der Waals surface area contributed by atoms with Gasteiger partial charge in [0.15, 0.2) is 0 Å². The van der Waals surface area contributed by atoms with Crippen LogP contribution in [0.4, 0.5) is 8.78 Å². The predicted molar refractivity (Wildman–Crippen MR) is 94.0 cm³/mol. The van der Waals surface area contributed by atoms with Gasteiger partial charge in [0.25, 0.3) is 0 Å². The van der Waals surface area contributed by atoms with E-state index in [4.69, 9.17) is 5.41 Å². The number of nitrogens with one attached hydrogen (secondary N) is 1. The first kappa shape index (κ1) is 16.7. The fourth-order valence-electron chi connectivity index (χ4n) is 3.59. The van der Waals surface area contributed by atoms with E-state index in [9.17, 15) is 18.7 Å². The third kappa shape index (κ3) is 2.64. The van der Waals surface area contributed by atoms with Crippen molar-refractivity contribution < 1.29 is 18.7 Å². The average Bonchev–Trinajstić information content (AvgIpc) is 3.16. The second-order valence-corrected chi connectivity index (χ2v) is 6.48. The van der Waals surface area contributed by atoms with Gasteiger partial charge in [-0.15, -0.1) is 0 Å². The van der Waals surface area contributed by atoms with Crippen LogP contribution in [0.5, 0.6) is 0 Å². The largest absolute Gasteiger partial charge is 0.383 e. The van der Waals surface area contributed by atoms with Crippen LogP contribution in [0.3, 0.4) is 0 Å². The SMILES string of the molecule is N=C([C@H](O)Cn1c2ccc(F)cc2c2cc(F)ccc21)N1CCCC1=O. The van der Waals surface area contributed by atoms with Crippen molar-refractivity contribution in [2.45, 2.75) is 25.5 Å². The van der Waals surface area contributed by atoms with Crippen molar-refractivity contribution >= 4 is 33.5 Å². The zero-order valence-electron chi connectivity index (χ0n) is 13.9. The lowest BCUT2D eigenvalue weighted by molar-refractivity contribution is -0.124. The maximum Gasteiger partial charge on any atom is 0.228 e. The Bertz CT molecular complexity index is 985. The van der Waals surface area contributed by atoms with Gasteiger partial charge < -0.3 is 9.67 Å². The van der Waals surface area contributed by atoms with Crippen LogP contribution < -0.4 is 0 Å². The van der Waals surface area contributed by atoms with Gasteiger partial charge in [-0.1, -0.05) is 0 Å². The number of carbonyl (C=O) groups is 1. The molecule has 5 nitrogen and oxygen atoms in total. The van der Waals surface area contributed by atoms with Crippen LogP contribution >= 0.6 is 0 Å². The molecule has 1 fully saturated rings. The van der Waals surface area contributed by atoms with Gasteiger partial charge in [-0.25, -0.2) is 8.78 Å². The Labute approximate surface area is 147 Å². The maximum absolute atomic E-state index is 13.7. The number of amidine groups is 1. The van der Waals surface area contributed by atoms with Gasteiger partial charge in [0.1, 0.15) is 23.6 Å². The second kappa shape index (κ2) is 6.17. The Hall–Kier alpha value is -2.80. The molecule has 2 aromatic carbocycles. The molecule has 4 rings (SSSR count). The van der Waals surface area contributed by atoms with E-state index >= 15 is 0 Å². The summed E-state index contributed by atoms with van der Waals surface area (Å²) in [5, 5.41) is 19.7. The zero-order valence-corrected chi connectivity index (χ0v) is 13.9. The lowest BCUT2D eigenvalue weighted by Gasteiger charge is -2.22. The van der Waals surface area contributed by atoms with Gasteiger partial charge in [0.05, 0.1) is 6.54 Å². The molecule has 1 saturated heterocycles. The van der Waals surface area contributed by atoms with E-state index in [1.165, 1.54) is 29.2 Å². The molecule has 0 spiro atoms. The fraction of sp³-hybridized carbons (Fsp3) is 0.263. The molecular formula is C19H17F2N3O2. The highest BCUT2D eigenvalue weighted by Crippen LogP contribution is 2.30. The maximum atomic E-state index is 13.7. The molecule has 1 aromatic heterocycles. The van der Waals surface area contributed by atoms with Crippen molar-refractivity contribution in [3.05, 3.63) is 48.0 Å². The molecule has 0 saturated carbocycles. The number of nitrogens with zero attached hydrogens (tertiary/aromatic N) is 2. The quantitative estimate of drug-likeness (QED) is 0.559. The number of hydrogen-bond acceptors (Lipinski definition) is 3. The minimum atomic E-state index is -1.20. The number of rotatable bonds is 3. The summed E-state index contributed by atoms with van der Waals surface area (Å²) in [5.41, 5.74) is 1.26. The number of aliphatic hydroxyl groups excluding tert-OH is 1. The Balaban J connectivity index is 1.77. The zero-order chi connectivity index (χ0) is 18.4. The van der Waals surface area contributed by atoms with Crippen LogP contribution in [-0.2, 0) is 11.3 Å². The summed E-state index contributed by atoms with van der Waals surface area (Å²) < 4.78 is 29.1. The van der Waals surface area contributed by atoms with Gasteiger partial charge in [-0.3, -0.25) is 15.1 Å². The van der Waals surface area contributed by atoms with Crippen LogP contribution in [0, 0.1) is 17.0 Å². The second-order valence-electron chi connectivity index (χ2n) is 6.48. The summed E-state index contributed by atoms with van der Waals surface area (Å²) in [7, 11) is 0. The predicted octanol–water partition coefficient (Wildman–Crippen LogP) is 3.03. The van der Waals surface area contributed by atoms with E-state index < -0.39 is 17.7 Å². The van der Waals surface area contributed by atoms with E-state index in [1.54, 1.807) is 16.7 Å². The number of halogens is 2. The van der Waals surface area contributed by atoms with Gasteiger partial charge in [-0.05, 0) is 42.8 Å². The number of amides is 1. The number of carbonyl (C=O) groups excluding carboxylic acids is 1. The van der Waals surface area contributed by atoms with Crippen molar-refractivity contribution in [2.75, 3.05) is 6.54 Å².